The number of hydrogen-bond donors (Lipinski definition) is 1. The van der Waals surface area contributed by atoms with Gasteiger partial charge in [-0.2, -0.15) is 0 Å². The topological polar surface area (TPSA) is 28.2 Å². The monoisotopic (exact) mass is 281 g/mol. The summed E-state index contributed by atoms with van der Waals surface area (Å²) in [7, 11) is 2.02. The van der Waals surface area contributed by atoms with Crippen LogP contribution in [0.15, 0.2) is 0 Å². The predicted octanol–water partition coefficient (Wildman–Crippen LogP) is 3.44. The van der Waals surface area contributed by atoms with Crippen LogP contribution in [0.25, 0.3) is 0 Å². The van der Waals surface area contributed by atoms with Crippen molar-refractivity contribution in [3.05, 3.63) is 10.6 Å². The standard InChI is InChI=1S/C15H27N3S/c1-4-7-13-14(10-16-3)19-15(17-13)18-9-6-8-12(5-2)11-18/h12,16H,4-11H2,1-3H3. The van der Waals surface area contributed by atoms with Gasteiger partial charge in [-0.05, 0) is 32.2 Å². The molecule has 1 atom stereocenters. The number of rotatable bonds is 6. The molecule has 108 valence electrons. The summed E-state index contributed by atoms with van der Waals surface area (Å²) in [5, 5.41) is 4.53. The maximum absolute atomic E-state index is 4.92. The molecule has 0 spiro atoms. The van der Waals surface area contributed by atoms with E-state index in [2.05, 4.69) is 24.1 Å². The molecule has 1 aliphatic rings. The van der Waals surface area contributed by atoms with E-state index in [4.69, 9.17) is 4.98 Å². The summed E-state index contributed by atoms with van der Waals surface area (Å²) < 4.78 is 0. The molecule has 4 heteroatoms. The van der Waals surface area contributed by atoms with Crippen molar-refractivity contribution in [2.75, 3.05) is 25.0 Å². The third-order valence-electron chi connectivity index (χ3n) is 3.96. The molecule has 1 aromatic heterocycles. The van der Waals surface area contributed by atoms with Gasteiger partial charge in [0.25, 0.3) is 0 Å². The Kier molecular flexibility index (Phi) is 5.64. The SMILES string of the molecule is CCCc1nc(N2CCCC(CC)C2)sc1CNC. The third kappa shape index (κ3) is 3.69. The van der Waals surface area contributed by atoms with Gasteiger partial charge in [0.2, 0.25) is 0 Å². The second kappa shape index (κ2) is 7.25. The van der Waals surface area contributed by atoms with Gasteiger partial charge in [-0.25, -0.2) is 4.98 Å². The van der Waals surface area contributed by atoms with E-state index >= 15 is 0 Å². The highest BCUT2D eigenvalue weighted by Gasteiger charge is 2.22. The third-order valence-corrected chi connectivity index (χ3v) is 5.12. The number of hydrogen-bond acceptors (Lipinski definition) is 4. The summed E-state index contributed by atoms with van der Waals surface area (Å²) in [5.74, 6) is 0.861. The first-order valence-corrected chi connectivity index (χ1v) is 8.48. The van der Waals surface area contributed by atoms with Crippen LogP contribution in [0.2, 0.25) is 0 Å². The van der Waals surface area contributed by atoms with E-state index in [0.717, 1.165) is 18.9 Å². The minimum atomic E-state index is 0.861. The molecular formula is C15H27N3S. The molecule has 1 saturated heterocycles. The highest BCUT2D eigenvalue weighted by atomic mass is 32.1. The van der Waals surface area contributed by atoms with Crippen LogP contribution in [-0.2, 0) is 13.0 Å². The van der Waals surface area contributed by atoms with Gasteiger partial charge in [0.15, 0.2) is 5.13 Å². The molecule has 1 aromatic rings. The summed E-state index contributed by atoms with van der Waals surface area (Å²) in [5.41, 5.74) is 1.32. The predicted molar refractivity (Wildman–Crippen MR) is 84.1 cm³/mol. The summed E-state index contributed by atoms with van der Waals surface area (Å²) in [6, 6.07) is 0. The van der Waals surface area contributed by atoms with Crippen molar-refractivity contribution in [2.45, 2.75) is 52.5 Å². The Labute approximate surface area is 121 Å². The van der Waals surface area contributed by atoms with Crippen molar-refractivity contribution in [3.63, 3.8) is 0 Å². The van der Waals surface area contributed by atoms with E-state index in [1.165, 1.54) is 54.5 Å². The Hall–Kier alpha value is -0.610. The van der Waals surface area contributed by atoms with Gasteiger partial charge in [0, 0.05) is 24.5 Å². The molecule has 1 fully saturated rings. The molecule has 3 nitrogen and oxygen atoms in total. The lowest BCUT2D eigenvalue weighted by molar-refractivity contribution is 0.404. The Morgan fingerprint density at radius 2 is 2.26 bits per heavy atom. The lowest BCUT2D eigenvalue weighted by Crippen LogP contribution is -2.35. The minimum absolute atomic E-state index is 0.861. The lowest BCUT2D eigenvalue weighted by atomic mass is 9.96. The van der Waals surface area contributed by atoms with E-state index in [0.29, 0.717) is 0 Å². The van der Waals surface area contributed by atoms with Crippen LogP contribution in [0.1, 0.15) is 50.1 Å². The molecule has 0 aliphatic carbocycles. The number of piperidine rings is 1. The van der Waals surface area contributed by atoms with E-state index in [-0.39, 0.29) is 0 Å². The van der Waals surface area contributed by atoms with Crippen molar-refractivity contribution >= 4 is 16.5 Å². The summed E-state index contributed by atoms with van der Waals surface area (Å²) >= 11 is 1.90. The van der Waals surface area contributed by atoms with Crippen molar-refractivity contribution in [2.24, 2.45) is 5.92 Å². The smallest absolute Gasteiger partial charge is 0.185 e. The van der Waals surface area contributed by atoms with Crippen molar-refractivity contribution in [1.29, 1.82) is 0 Å². The lowest BCUT2D eigenvalue weighted by Gasteiger charge is -2.31. The van der Waals surface area contributed by atoms with E-state index in [1.54, 1.807) is 0 Å². The Morgan fingerprint density at radius 1 is 1.42 bits per heavy atom. The zero-order chi connectivity index (χ0) is 13.7. The number of aromatic nitrogens is 1. The minimum Gasteiger partial charge on any atom is -0.348 e. The van der Waals surface area contributed by atoms with Gasteiger partial charge < -0.3 is 10.2 Å². The highest BCUT2D eigenvalue weighted by molar-refractivity contribution is 7.15. The van der Waals surface area contributed by atoms with E-state index in [9.17, 15) is 0 Å². The summed E-state index contributed by atoms with van der Waals surface area (Å²) in [4.78, 5) is 8.86. The molecule has 1 unspecified atom stereocenters. The zero-order valence-corrected chi connectivity index (χ0v) is 13.4. The highest BCUT2D eigenvalue weighted by Crippen LogP contribution is 2.31. The summed E-state index contributed by atoms with van der Waals surface area (Å²) in [6.45, 7) is 7.89. The maximum Gasteiger partial charge on any atom is 0.185 e. The number of nitrogens with one attached hydrogen (secondary N) is 1. The fourth-order valence-electron chi connectivity index (χ4n) is 2.81. The van der Waals surface area contributed by atoms with Crippen molar-refractivity contribution < 1.29 is 0 Å². The first kappa shape index (κ1) is 14.8. The maximum atomic E-state index is 4.92. The number of nitrogens with zero attached hydrogens (tertiary/aromatic N) is 2. The van der Waals surface area contributed by atoms with Crippen LogP contribution in [0, 0.1) is 5.92 Å². The van der Waals surface area contributed by atoms with Gasteiger partial charge >= 0.3 is 0 Å². The normalized spacial score (nSPS) is 19.9. The van der Waals surface area contributed by atoms with Gasteiger partial charge in [-0.15, -0.1) is 11.3 Å². The molecule has 0 amide bonds. The fraction of sp³-hybridized carbons (Fsp3) is 0.800. The second-order valence-corrected chi connectivity index (χ2v) is 6.57. The molecule has 1 aliphatic heterocycles. The van der Waals surface area contributed by atoms with Gasteiger partial charge in [0.1, 0.15) is 0 Å². The average Bonchev–Trinajstić information content (AvgIpc) is 2.83. The van der Waals surface area contributed by atoms with Crippen LogP contribution in [0.3, 0.4) is 0 Å². The molecule has 1 N–H and O–H groups in total. The fourth-order valence-corrected chi connectivity index (χ4v) is 3.96. The molecule has 2 rings (SSSR count). The van der Waals surface area contributed by atoms with Crippen LogP contribution < -0.4 is 10.2 Å². The van der Waals surface area contributed by atoms with Crippen LogP contribution in [0.5, 0.6) is 0 Å². The van der Waals surface area contributed by atoms with E-state index < -0.39 is 0 Å². The van der Waals surface area contributed by atoms with E-state index in [1.807, 2.05) is 18.4 Å². The van der Waals surface area contributed by atoms with Gasteiger partial charge in [0.05, 0.1) is 5.69 Å². The largest absolute Gasteiger partial charge is 0.348 e. The van der Waals surface area contributed by atoms with Gasteiger partial charge in [-0.3, -0.25) is 0 Å². The molecule has 19 heavy (non-hydrogen) atoms. The first-order valence-electron chi connectivity index (χ1n) is 7.66. The molecule has 2 heterocycles. The van der Waals surface area contributed by atoms with Crippen molar-refractivity contribution in [3.8, 4) is 0 Å². The Bertz CT molecular complexity index is 365. The first-order chi connectivity index (χ1) is 9.28. The summed E-state index contributed by atoms with van der Waals surface area (Å²) in [6.07, 6.45) is 6.30. The molecular weight excluding hydrogens is 254 g/mol. The Balaban J connectivity index is 2.12. The van der Waals surface area contributed by atoms with Crippen LogP contribution in [0.4, 0.5) is 5.13 Å². The Morgan fingerprint density at radius 3 is 2.95 bits per heavy atom. The zero-order valence-electron chi connectivity index (χ0n) is 12.5. The quantitative estimate of drug-likeness (QED) is 0.866. The molecule has 0 bridgehead atoms. The number of thiazole rings is 1. The molecule has 0 saturated carbocycles. The second-order valence-electron chi connectivity index (χ2n) is 5.51. The molecule has 0 aromatic carbocycles. The van der Waals surface area contributed by atoms with Crippen LogP contribution in [-0.4, -0.2) is 25.1 Å². The molecule has 0 radical (unpaired) electrons. The number of aryl methyl sites for hydroxylation is 1. The van der Waals surface area contributed by atoms with Crippen molar-refractivity contribution in [1.82, 2.24) is 10.3 Å². The van der Waals surface area contributed by atoms with Gasteiger partial charge in [-0.1, -0.05) is 26.7 Å². The van der Waals surface area contributed by atoms with Crippen LogP contribution >= 0.6 is 11.3 Å². The number of anilines is 1. The average molecular weight is 281 g/mol.